The molecule has 4 nitrogen and oxygen atoms in total. The zero-order chi connectivity index (χ0) is 14.8. The van der Waals surface area contributed by atoms with Crippen LogP contribution in [0.25, 0.3) is 11.0 Å². The monoisotopic (exact) mass is 326 g/mol. The maximum atomic E-state index is 13.6. The first-order chi connectivity index (χ1) is 10.1. The van der Waals surface area contributed by atoms with Crippen molar-refractivity contribution in [2.75, 3.05) is 17.3 Å². The molecular formula is C14H15FN2O2S2. The zero-order valence-corrected chi connectivity index (χ0v) is 12.9. The van der Waals surface area contributed by atoms with E-state index in [0.29, 0.717) is 5.16 Å². The molecule has 1 aromatic carbocycles. The van der Waals surface area contributed by atoms with Crippen LogP contribution in [0.5, 0.6) is 0 Å². The Morgan fingerprint density at radius 2 is 2.24 bits per heavy atom. The number of aromatic nitrogens is 2. The molecule has 0 radical (unpaired) electrons. The Morgan fingerprint density at radius 1 is 1.48 bits per heavy atom. The van der Waals surface area contributed by atoms with Crippen molar-refractivity contribution in [2.24, 2.45) is 0 Å². The van der Waals surface area contributed by atoms with Crippen molar-refractivity contribution in [3.05, 3.63) is 24.0 Å². The van der Waals surface area contributed by atoms with E-state index in [-0.39, 0.29) is 17.6 Å². The Bertz CT molecular complexity index is 668. The van der Waals surface area contributed by atoms with Crippen LogP contribution in [0.15, 0.2) is 23.4 Å². The van der Waals surface area contributed by atoms with Crippen LogP contribution in [0, 0.1) is 5.82 Å². The third kappa shape index (κ3) is 3.18. The fraction of sp³-hybridized carbons (Fsp3) is 0.429. The lowest BCUT2D eigenvalue weighted by atomic mass is 10.1. The van der Waals surface area contributed by atoms with Crippen molar-refractivity contribution in [1.29, 1.82) is 0 Å². The van der Waals surface area contributed by atoms with Crippen LogP contribution >= 0.6 is 23.5 Å². The maximum Gasteiger partial charge on any atom is 0.313 e. The molecule has 2 heterocycles. The van der Waals surface area contributed by atoms with Crippen LogP contribution < -0.4 is 0 Å². The lowest BCUT2D eigenvalue weighted by Crippen LogP contribution is -2.16. The molecule has 0 aliphatic carbocycles. The van der Waals surface area contributed by atoms with Crippen LogP contribution in [0.3, 0.4) is 0 Å². The standard InChI is InChI=1S/C14H15FN2O2S2/c15-9-1-2-11-12(7-9)17(10-3-5-20-6-4-10)14(16-11)21-8-13(18)19/h1-2,7,10H,3-6,8H2,(H,18,19). The average molecular weight is 326 g/mol. The minimum Gasteiger partial charge on any atom is -0.481 e. The van der Waals surface area contributed by atoms with Gasteiger partial charge < -0.3 is 9.67 Å². The first kappa shape index (κ1) is 14.7. The minimum atomic E-state index is -0.871. The van der Waals surface area contributed by atoms with Crippen molar-refractivity contribution in [1.82, 2.24) is 9.55 Å². The number of thioether (sulfide) groups is 2. The number of nitrogens with zero attached hydrogens (tertiary/aromatic N) is 2. The van der Waals surface area contributed by atoms with Crippen LogP contribution in [-0.4, -0.2) is 37.9 Å². The Morgan fingerprint density at radius 3 is 2.95 bits per heavy atom. The summed E-state index contributed by atoms with van der Waals surface area (Å²) >= 11 is 3.12. The fourth-order valence-corrected chi connectivity index (χ4v) is 4.45. The van der Waals surface area contributed by atoms with Gasteiger partial charge in [-0.25, -0.2) is 9.37 Å². The van der Waals surface area contributed by atoms with Gasteiger partial charge in [-0.2, -0.15) is 11.8 Å². The molecule has 1 aromatic heterocycles. The first-order valence-corrected chi connectivity index (χ1v) is 8.89. The number of hydrogen-bond acceptors (Lipinski definition) is 4. The molecule has 1 aliphatic rings. The van der Waals surface area contributed by atoms with E-state index in [4.69, 9.17) is 5.11 Å². The highest BCUT2D eigenvalue weighted by Crippen LogP contribution is 2.35. The number of rotatable bonds is 4. The normalized spacial score (nSPS) is 16.4. The summed E-state index contributed by atoms with van der Waals surface area (Å²) in [6.07, 6.45) is 2.01. The summed E-state index contributed by atoms with van der Waals surface area (Å²) in [6, 6.07) is 4.81. The molecule has 1 fully saturated rings. The number of aliphatic carboxylic acids is 1. The van der Waals surface area contributed by atoms with Crippen LogP contribution in [0.4, 0.5) is 4.39 Å². The van der Waals surface area contributed by atoms with E-state index in [0.717, 1.165) is 35.4 Å². The Balaban J connectivity index is 2.04. The molecule has 1 N–H and O–H groups in total. The van der Waals surface area contributed by atoms with Gasteiger partial charge in [-0.15, -0.1) is 0 Å². The minimum absolute atomic E-state index is 0.0345. The van der Waals surface area contributed by atoms with Crippen molar-refractivity contribution in [2.45, 2.75) is 24.0 Å². The smallest absolute Gasteiger partial charge is 0.313 e. The summed E-state index contributed by atoms with van der Waals surface area (Å²) < 4.78 is 15.6. The number of carbonyl (C=O) groups is 1. The zero-order valence-electron chi connectivity index (χ0n) is 11.3. The van der Waals surface area contributed by atoms with Crippen LogP contribution in [0.2, 0.25) is 0 Å². The van der Waals surface area contributed by atoms with Gasteiger partial charge in [0.2, 0.25) is 0 Å². The molecule has 0 amide bonds. The van der Waals surface area contributed by atoms with Crippen molar-refractivity contribution >= 4 is 40.5 Å². The van der Waals surface area contributed by atoms with Gasteiger partial charge in [0.1, 0.15) is 5.82 Å². The molecule has 3 rings (SSSR count). The molecule has 0 atom stereocenters. The van der Waals surface area contributed by atoms with Gasteiger partial charge in [-0.05, 0) is 42.5 Å². The predicted octanol–water partition coefficient (Wildman–Crippen LogP) is 3.42. The average Bonchev–Trinajstić information content (AvgIpc) is 2.83. The Labute approximate surface area is 130 Å². The summed E-state index contributed by atoms with van der Waals surface area (Å²) in [5.74, 6) is 0.950. The number of hydrogen-bond donors (Lipinski definition) is 1. The highest BCUT2D eigenvalue weighted by Gasteiger charge is 2.22. The van der Waals surface area contributed by atoms with E-state index in [1.54, 1.807) is 6.07 Å². The third-order valence-corrected chi connectivity index (χ3v) is 5.49. The molecule has 0 bridgehead atoms. The first-order valence-electron chi connectivity index (χ1n) is 6.75. The number of benzene rings is 1. The van der Waals surface area contributed by atoms with E-state index in [1.165, 1.54) is 23.9 Å². The second-order valence-electron chi connectivity index (χ2n) is 4.92. The van der Waals surface area contributed by atoms with E-state index >= 15 is 0 Å². The molecule has 0 unspecified atom stereocenters. The van der Waals surface area contributed by atoms with Gasteiger partial charge in [0.05, 0.1) is 16.8 Å². The number of halogens is 1. The molecule has 1 aliphatic heterocycles. The Kier molecular flexibility index (Phi) is 4.40. The van der Waals surface area contributed by atoms with Crippen molar-refractivity contribution < 1.29 is 14.3 Å². The number of fused-ring (bicyclic) bond motifs is 1. The van der Waals surface area contributed by atoms with Gasteiger partial charge in [-0.3, -0.25) is 4.79 Å². The summed E-state index contributed by atoms with van der Waals surface area (Å²) in [4.78, 5) is 15.3. The molecule has 0 saturated carbocycles. The molecule has 7 heteroatoms. The van der Waals surface area contributed by atoms with E-state index < -0.39 is 5.97 Å². The molecule has 0 spiro atoms. The summed E-state index contributed by atoms with van der Waals surface area (Å²) in [6.45, 7) is 0. The second-order valence-corrected chi connectivity index (χ2v) is 7.09. The van der Waals surface area contributed by atoms with E-state index in [1.807, 2.05) is 16.3 Å². The lowest BCUT2D eigenvalue weighted by Gasteiger charge is -2.25. The second kappa shape index (κ2) is 6.27. The van der Waals surface area contributed by atoms with E-state index in [2.05, 4.69) is 4.98 Å². The third-order valence-electron chi connectivity index (χ3n) is 3.50. The topological polar surface area (TPSA) is 55.1 Å². The number of imidazole rings is 1. The Hall–Kier alpha value is -1.21. The maximum absolute atomic E-state index is 13.6. The molecule has 1 saturated heterocycles. The molecule has 112 valence electrons. The summed E-state index contributed by atoms with van der Waals surface area (Å²) in [5.41, 5.74) is 1.49. The van der Waals surface area contributed by atoms with Gasteiger partial charge in [-0.1, -0.05) is 11.8 Å². The number of carboxylic acids is 1. The van der Waals surface area contributed by atoms with Gasteiger partial charge in [0.25, 0.3) is 0 Å². The number of carboxylic acid groups (broad SMARTS) is 1. The van der Waals surface area contributed by atoms with Gasteiger partial charge in [0, 0.05) is 6.04 Å². The van der Waals surface area contributed by atoms with Crippen LogP contribution in [0.1, 0.15) is 18.9 Å². The van der Waals surface area contributed by atoms with Crippen molar-refractivity contribution in [3.8, 4) is 0 Å². The largest absolute Gasteiger partial charge is 0.481 e. The van der Waals surface area contributed by atoms with Crippen molar-refractivity contribution in [3.63, 3.8) is 0 Å². The molecule has 2 aromatic rings. The van der Waals surface area contributed by atoms with Crippen LogP contribution in [-0.2, 0) is 4.79 Å². The quantitative estimate of drug-likeness (QED) is 0.873. The summed E-state index contributed by atoms with van der Waals surface area (Å²) in [7, 11) is 0. The fourth-order valence-electron chi connectivity index (χ4n) is 2.57. The van der Waals surface area contributed by atoms with Gasteiger partial charge >= 0.3 is 5.97 Å². The highest BCUT2D eigenvalue weighted by atomic mass is 32.2. The molecule has 21 heavy (non-hydrogen) atoms. The van der Waals surface area contributed by atoms with E-state index in [9.17, 15) is 9.18 Å². The summed E-state index contributed by atoms with van der Waals surface area (Å²) in [5, 5.41) is 9.55. The lowest BCUT2D eigenvalue weighted by molar-refractivity contribution is -0.133. The predicted molar refractivity (Wildman–Crippen MR) is 83.6 cm³/mol. The van der Waals surface area contributed by atoms with Gasteiger partial charge in [0.15, 0.2) is 5.16 Å². The SMILES string of the molecule is O=C(O)CSc1nc2ccc(F)cc2n1C1CCSCC1. The highest BCUT2D eigenvalue weighted by molar-refractivity contribution is 7.99. The molecular weight excluding hydrogens is 311 g/mol.